The molecule has 0 bridgehead atoms. The molecule has 192 valence electrons. The van der Waals surface area contributed by atoms with Crippen LogP contribution in [0.5, 0.6) is 5.75 Å². The lowest BCUT2D eigenvalue weighted by Crippen LogP contribution is -2.51. The normalized spacial score (nSPS) is 20.3. The molecule has 0 spiro atoms. The van der Waals surface area contributed by atoms with Gasteiger partial charge in [-0.15, -0.1) is 0 Å². The van der Waals surface area contributed by atoms with Gasteiger partial charge in [0.15, 0.2) is 0 Å². The summed E-state index contributed by atoms with van der Waals surface area (Å²) >= 11 is 0. The van der Waals surface area contributed by atoms with Gasteiger partial charge in [-0.2, -0.15) is 0 Å². The fraction of sp³-hybridized carbons (Fsp3) is 0.464. The molecule has 2 heterocycles. The molecule has 8 heteroatoms. The van der Waals surface area contributed by atoms with Crippen LogP contribution in [0.2, 0.25) is 0 Å². The first-order valence-corrected chi connectivity index (χ1v) is 12.4. The number of hydrogen-bond acceptors (Lipinski definition) is 6. The number of likely N-dealkylation sites (tertiary alicyclic amines) is 1. The Labute approximate surface area is 212 Å². The minimum absolute atomic E-state index is 0.0447. The van der Waals surface area contributed by atoms with Crippen molar-refractivity contribution in [1.82, 2.24) is 9.80 Å². The standard InChI is InChI=1S/C28H35N3O5/c1-20-8-9-24(21(2)16-20)29-10-12-30(13-11-29)25(32)18-28(22-6-5-7-23(17-22)36-4)19-26(33)31(27(28)34)14-15-35-3/h5-9,16-17H,10-15,18-19H2,1-4H3/t28-/m0/s1. The lowest BCUT2D eigenvalue weighted by molar-refractivity contribution is -0.143. The molecule has 0 aromatic heterocycles. The highest BCUT2D eigenvalue weighted by Gasteiger charge is 2.54. The first-order valence-electron chi connectivity index (χ1n) is 12.4. The number of aryl methyl sites for hydroxylation is 2. The summed E-state index contributed by atoms with van der Waals surface area (Å²) < 4.78 is 10.5. The van der Waals surface area contributed by atoms with Gasteiger partial charge in [-0.3, -0.25) is 19.3 Å². The van der Waals surface area contributed by atoms with Crippen molar-refractivity contribution in [3.63, 3.8) is 0 Å². The van der Waals surface area contributed by atoms with Gasteiger partial charge < -0.3 is 19.3 Å². The second kappa shape index (κ2) is 10.7. The molecule has 2 aliphatic heterocycles. The molecule has 2 fully saturated rings. The molecule has 0 saturated carbocycles. The van der Waals surface area contributed by atoms with Crippen LogP contribution in [0.3, 0.4) is 0 Å². The number of nitrogens with zero attached hydrogens (tertiary/aromatic N) is 3. The van der Waals surface area contributed by atoms with Crippen molar-refractivity contribution >= 4 is 23.4 Å². The Kier molecular flexibility index (Phi) is 7.64. The molecule has 0 aliphatic carbocycles. The second-order valence-electron chi connectivity index (χ2n) is 9.67. The summed E-state index contributed by atoms with van der Waals surface area (Å²) in [5, 5.41) is 0. The molecule has 0 N–H and O–H groups in total. The number of imide groups is 1. The SMILES string of the molecule is COCCN1C(=O)C[C@@](CC(=O)N2CCN(c3ccc(C)cc3C)CC2)(c2cccc(OC)c2)C1=O. The number of benzene rings is 2. The molecule has 2 saturated heterocycles. The first-order chi connectivity index (χ1) is 17.3. The molecule has 4 rings (SSSR count). The molecular weight excluding hydrogens is 458 g/mol. The maximum absolute atomic E-state index is 13.7. The summed E-state index contributed by atoms with van der Waals surface area (Å²) in [5.41, 5.74) is 3.01. The van der Waals surface area contributed by atoms with Crippen LogP contribution in [0.4, 0.5) is 5.69 Å². The Morgan fingerprint density at radius 1 is 1.00 bits per heavy atom. The molecule has 8 nitrogen and oxygen atoms in total. The highest BCUT2D eigenvalue weighted by atomic mass is 16.5. The van der Waals surface area contributed by atoms with Crippen molar-refractivity contribution in [3.05, 3.63) is 59.2 Å². The van der Waals surface area contributed by atoms with E-state index in [0.717, 1.165) is 0 Å². The van der Waals surface area contributed by atoms with E-state index < -0.39 is 5.41 Å². The Hall–Kier alpha value is -3.39. The number of anilines is 1. The molecule has 0 unspecified atom stereocenters. The third-order valence-electron chi connectivity index (χ3n) is 7.33. The number of amides is 3. The minimum atomic E-state index is -1.25. The van der Waals surface area contributed by atoms with Crippen LogP contribution in [0.15, 0.2) is 42.5 Å². The molecule has 0 radical (unpaired) electrons. The van der Waals surface area contributed by atoms with E-state index in [-0.39, 0.29) is 43.7 Å². The van der Waals surface area contributed by atoms with E-state index in [0.29, 0.717) is 37.5 Å². The van der Waals surface area contributed by atoms with Gasteiger partial charge in [-0.25, -0.2) is 0 Å². The van der Waals surface area contributed by atoms with E-state index in [9.17, 15) is 14.4 Å². The average Bonchev–Trinajstić information content (AvgIpc) is 3.12. The average molecular weight is 494 g/mol. The largest absolute Gasteiger partial charge is 0.497 e. The summed E-state index contributed by atoms with van der Waals surface area (Å²) in [4.78, 5) is 45.6. The fourth-order valence-electron chi connectivity index (χ4n) is 5.32. The third-order valence-corrected chi connectivity index (χ3v) is 7.33. The maximum atomic E-state index is 13.7. The van der Waals surface area contributed by atoms with E-state index in [1.807, 2.05) is 4.90 Å². The monoisotopic (exact) mass is 493 g/mol. The zero-order valence-electron chi connectivity index (χ0n) is 21.6. The van der Waals surface area contributed by atoms with Crippen LogP contribution in [0.1, 0.15) is 29.5 Å². The van der Waals surface area contributed by atoms with E-state index in [1.165, 1.54) is 28.8 Å². The number of methoxy groups -OCH3 is 2. The quantitative estimate of drug-likeness (QED) is 0.526. The zero-order valence-corrected chi connectivity index (χ0v) is 21.6. The Bertz CT molecular complexity index is 1140. The minimum Gasteiger partial charge on any atom is -0.497 e. The smallest absolute Gasteiger partial charge is 0.240 e. The highest BCUT2D eigenvalue weighted by Crippen LogP contribution is 2.41. The Morgan fingerprint density at radius 3 is 2.42 bits per heavy atom. The van der Waals surface area contributed by atoms with E-state index in [2.05, 4.69) is 36.9 Å². The summed E-state index contributed by atoms with van der Waals surface area (Å²) in [7, 11) is 3.08. The van der Waals surface area contributed by atoms with Gasteiger partial charge in [0.2, 0.25) is 17.7 Å². The fourth-order valence-corrected chi connectivity index (χ4v) is 5.32. The summed E-state index contributed by atoms with van der Waals surface area (Å²) in [6.45, 7) is 7.17. The number of carbonyl (C=O) groups is 3. The summed E-state index contributed by atoms with van der Waals surface area (Å²) in [6.07, 6.45) is -0.102. The molecule has 2 aliphatic rings. The van der Waals surface area contributed by atoms with Gasteiger partial charge in [0.25, 0.3) is 0 Å². The van der Waals surface area contributed by atoms with E-state index in [1.54, 1.807) is 31.4 Å². The number of rotatable bonds is 8. The number of ether oxygens (including phenoxy) is 2. The Morgan fingerprint density at radius 2 is 1.75 bits per heavy atom. The zero-order chi connectivity index (χ0) is 25.9. The van der Waals surface area contributed by atoms with Gasteiger partial charge in [-0.05, 0) is 43.2 Å². The van der Waals surface area contributed by atoms with Crippen molar-refractivity contribution < 1.29 is 23.9 Å². The van der Waals surface area contributed by atoms with Gasteiger partial charge in [0, 0.05) is 51.8 Å². The van der Waals surface area contributed by atoms with Crippen molar-refractivity contribution in [3.8, 4) is 5.75 Å². The van der Waals surface area contributed by atoms with Crippen LogP contribution in [-0.2, 0) is 24.5 Å². The Balaban J connectivity index is 1.54. The maximum Gasteiger partial charge on any atom is 0.240 e. The van der Waals surface area contributed by atoms with Crippen molar-refractivity contribution in [2.24, 2.45) is 0 Å². The molecule has 2 aromatic rings. The lowest BCUT2D eigenvalue weighted by Gasteiger charge is -2.38. The lowest BCUT2D eigenvalue weighted by atomic mass is 9.75. The summed E-state index contributed by atoms with van der Waals surface area (Å²) in [5.74, 6) is -0.169. The third kappa shape index (κ3) is 4.95. The molecule has 3 amide bonds. The van der Waals surface area contributed by atoms with Crippen LogP contribution < -0.4 is 9.64 Å². The molecule has 1 atom stereocenters. The number of hydrogen-bond donors (Lipinski definition) is 0. The van der Waals surface area contributed by atoms with Crippen molar-refractivity contribution in [2.75, 3.05) is 58.5 Å². The van der Waals surface area contributed by atoms with Crippen LogP contribution >= 0.6 is 0 Å². The van der Waals surface area contributed by atoms with Gasteiger partial charge in [-0.1, -0.05) is 29.8 Å². The van der Waals surface area contributed by atoms with Crippen LogP contribution in [-0.4, -0.2) is 81.1 Å². The van der Waals surface area contributed by atoms with Gasteiger partial charge in [0.1, 0.15) is 5.75 Å². The predicted molar refractivity (Wildman–Crippen MR) is 137 cm³/mol. The summed E-state index contributed by atoms with van der Waals surface area (Å²) in [6, 6.07) is 13.6. The number of carbonyl (C=O) groups excluding carboxylic acids is 3. The second-order valence-corrected chi connectivity index (χ2v) is 9.67. The first kappa shape index (κ1) is 25.7. The van der Waals surface area contributed by atoms with E-state index in [4.69, 9.17) is 9.47 Å². The topological polar surface area (TPSA) is 79.4 Å². The predicted octanol–water partition coefficient (Wildman–Crippen LogP) is 2.69. The molecular formula is C28H35N3O5. The van der Waals surface area contributed by atoms with Crippen molar-refractivity contribution in [2.45, 2.75) is 32.1 Å². The highest BCUT2D eigenvalue weighted by molar-refractivity contribution is 6.10. The molecule has 2 aromatic carbocycles. The van der Waals surface area contributed by atoms with Gasteiger partial charge >= 0.3 is 0 Å². The van der Waals surface area contributed by atoms with Gasteiger partial charge in [0.05, 0.1) is 25.7 Å². The van der Waals surface area contributed by atoms with Crippen LogP contribution in [0, 0.1) is 13.8 Å². The van der Waals surface area contributed by atoms with E-state index >= 15 is 0 Å². The number of piperazine rings is 1. The van der Waals surface area contributed by atoms with Crippen molar-refractivity contribution in [1.29, 1.82) is 0 Å². The van der Waals surface area contributed by atoms with Crippen LogP contribution in [0.25, 0.3) is 0 Å². The molecule has 36 heavy (non-hydrogen) atoms.